The molecular weight excluding hydrogens is 759 g/mol. The predicted octanol–water partition coefficient (Wildman–Crippen LogP) is 15.7. The molecule has 1 nitrogen and oxygen atoms in total. The average Bonchev–Trinajstić information content (AvgIpc) is 4.02. The first kappa shape index (κ1) is 36.4. The minimum atomic E-state index is -0.312. The zero-order valence-electron chi connectivity index (χ0n) is 36.0. The summed E-state index contributed by atoms with van der Waals surface area (Å²) < 4.78 is 0. The van der Waals surface area contributed by atoms with Gasteiger partial charge in [0.25, 0.3) is 0 Å². The number of benzene rings is 9. The van der Waals surface area contributed by atoms with Gasteiger partial charge < -0.3 is 4.90 Å². The highest BCUT2D eigenvalue weighted by Gasteiger charge is 2.49. The van der Waals surface area contributed by atoms with Crippen molar-refractivity contribution < 1.29 is 0 Å². The molecule has 0 aromatic heterocycles. The van der Waals surface area contributed by atoms with Gasteiger partial charge in [0.05, 0.1) is 0 Å². The number of aryl methyl sites for hydroxylation is 1. The van der Waals surface area contributed by atoms with Gasteiger partial charge in [-0.2, -0.15) is 0 Å². The average molecular weight is 806 g/mol. The van der Waals surface area contributed by atoms with Gasteiger partial charge in [0.15, 0.2) is 0 Å². The van der Waals surface area contributed by atoms with Crippen LogP contribution in [0, 0.1) is 0 Å². The lowest BCUT2D eigenvalue weighted by Gasteiger charge is -2.32. The molecule has 0 amide bonds. The second kappa shape index (κ2) is 13.1. The van der Waals surface area contributed by atoms with E-state index in [0.717, 1.165) is 24.2 Å². The van der Waals surface area contributed by atoms with Crippen molar-refractivity contribution in [3.05, 3.63) is 256 Å². The number of anilines is 3. The van der Waals surface area contributed by atoms with Crippen molar-refractivity contribution in [1.82, 2.24) is 0 Å². The molecule has 13 rings (SSSR count). The molecule has 9 aromatic rings. The van der Waals surface area contributed by atoms with E-state index in [9.17, 15) is 0 Å². The Kier molecular flexibility index (Phi) is 7.60. The molecule has 0 aliphatic heterocycles. The summed E-state index contributed by atoms with van der Waals surface area (Å²) in [5.41, 5.74) is 26.1. The van der Waals surface area contributed by atoms with Crippen molar-refractivity contribution in [3.63, 3.8) is 0 Å². The quantitative estimate of drug-likeness (QED) is 0.167. The minimum Gasteiger partial charge on any atom is -0.310 e. The van der Waals surface area contributed by atoms with E-state index in [1.54, 1.807) is 0 Å². The highest BCUT2D eigenvalue weighted by atomic mass is 15.1. The smallest absolute Gasteiger partial charge is 0.0470 e. The summed E-state index contributed by atoms with van der Waals surface area (Å²) in [6.07, 6.45) is 2.15. The highest BCUT2D eigenvalue weighted by Crippen LogP contribution is 2.60. The van der Waals surface area contributed by atoms with E-state index >= 15 is 0 Å². The monoisotopic (exact) mass is 805 g/mol. The molecule has 2 unspecified atom stereocenters. The zero-order chi connectivity index (χ0) is 42.1. The Morgan fingerprint density at radius 3 is 1.60 bits per heavy atom. The molecule has 0 bridgehead atoms. The van der Waals surface area contributed by atoms with E-state index in [1.165, 1.54) is 100 Å². The summed E-state index contributed by atoms with van der Waals surface area (Å²) in [7, 11) is 0. The molecule has 0 saturated heterocycles. The molecule has 0 radical (unpaired) electrons. The fraction of sp³-hybridized carbons (Fsp3) is 0.129. The van der Waals surface area contributed by atoms with Gasteiger partial charge in [0.2, 0.25) is 0 Å². The van der Waals surface area contributed by atoms with Crippen LogP contribution in [0.1, 0.15) is 77.3 Å². The van der Waals surface area contributed by atoms with Crippen LogP contribution in [0.4, 0.5) is 17.1 Å². The number of nitrogens with zero attached hydrogens (tertiary/aromatic N) is 1. The Balaban J connectivity index is 1.01. The minimum absolute atomic E-state index is 0.0998. The number of hydrogen-bond acceptors (Lipinski definition) is 1. The SMILES string of the molecule is CC1(C)c2ccccc2-c2cccc(-c3ccc(N(c4ccc5c(c4)C(C)(c4ccccc4)c4ccccc4-5)c4ccc5c(c4)C4(CCc6ccccc64)c4ccccc4-5)cc3)c21. The molecule has 63 heavy (non-hydrogen) atoms. The maximum atomic E-state index is 2.54. The number of fused-ring (bicyclic) bond motifs is 13. The Labute approximate surface area is 371 Å². The van der Waals surface area contributed by atoms with Gasteiger partial charge >= 0.3 is 0 Å². The van der Waals surface area contributed by atoms with Gasteiger partial charge in [0.1, 0.15) is 0 Å². The van der Waals surface area contributed by atoms with E-state index in [2.05, 4.69) is 232 Å². The molecule has 1 heteroatoms. The van der Waals surface area contributed by atoms with Crippen LogP contribution in [0.5, 0.6) is 0 Å². The van der Waals surface area contributed by atoms with Crippen molar-refractivity contribution in [3.8, 4) is 44.5 Å². The number of rotatable bonds is 5. The summed E-state index contributed by atoms with van der Waals surface area (Å²) in [5.74, 6) is 0. The van der Waals surface area contributed by atoms with Crippen molar-refractivity contribution in [1.29, 1.82) is 0 Å². The fourth-order valence-corrected chi connectivity index (χ4v) is 12.7. The van der Waals surface area contributed by atoms with E-state index in [1.807, 2.05) is 0 Å². The van der Waals surface area contributed by atoms with E-state index in [-0.39, 0.29) is 16.2 Å². The highest BCUT2D eigenvalue weighted by molar-refractivity contribution is 5.92. The van der Waals surface area contributed by atoms with Crippen LogP contribution in [-0.4, -0.2) is 0 Å². The standard InChI is InChI=1S/C62H47N/c1-60(2)54-25-12-8-21-49(54)52-23-15-22-46(59(52)60)40-28-30-43(31-29-40)63(44-32-34-50-47-19-9-13-26-55(47)61(3,57(50)38-44)42-17-5-4-6-18-42)45-33-35-51-48-20-10-14-27-56(48)62(58(51)39-45)37-36-41-16-7-11-24-53(41)62/h4-35,38-39H,36-37H2,1-3H3. The van der Waals surface area contributed by atoms with Crippen LogP contribution in [0.3, 0.4) is 0 Å². The fourth-order valence-electron chi connectivity index (χ4n) is 12.7. The van der Waals surface area contributed by atoms with E-state index in [0.29, 0.717) is 0 Å². The Morgan fingerprint density at radius 2 is 0.873 bits per heavy atom. The maximum Gasteiger partial charge on any atom is 0.0470 e. The van der Waals surface area contributed by atoms with Crippen LogP contribution < -0.4 is 4.90 Å². The molecule has 4 aliphatic carbocycles. The summed E-state index contributed by atoms with van der Waals surface area (Å²) in [6, 6.07) is 78.2. The van der Waals surface area contributed by atoms with Crippen molar-refractivity contribution in [2.45, 2.75) is 49.9 Å². The molecule has 9 aromatic carbocycles. The Morgan fingerprint density at radius 1 is 0.365 bits per heavy atom. The van der Waals surface area contributed by atoms with Gasteiger partial charge in [-0.25, -0.2) is 0 Å². The lowest BCUT2D eigenvalue weighted by atomic mass is 9.73. The topological polar surface area (TPSA) is 3.24 Å². The van der Waals surface area contributed by atoms with E-state index in [4.69, 9.17) is 0 Å². The Hall–Kier alpha value is -7.22. The number of hydrogen-bond donors (Lipinski definition) is 0. The maximum absolute atomic E-state index is 2.54. The summed E-state index contributed by atoms with van der Waals surface area (Å²) in [6.45, 7) is 7.18. The van der Waals surface area contributed by atoms with Crippen LogP contribution in [-0.2, 0) is 22.7 Å². The largest absolute Gasteiger partial charge is 0.310 e. The molecule has 1 spiro atoms. The molecular formula is C62H47N. The third-order valence-electron chi connectivity index (χ3n) is 15.6. The van der Waals surface area contributed by atoms with Gasteiger partial charge in [-0.3, -0.25) is 0 Å². The first-order valence-corrected chi connectivity index (χ1v) is 22.6. The second-order valence-corrected chi connectivity index (χ2v) is 18.9. The van der Waals surface area contributed by atoms with E-state index < -0.39 is 0 Å². The lowest BCUT2D eigenvalue weighted by Crippen LogP contribution is -2.24. The second-order valence-electron chi connectivity index (χ2n) is 18.9. The van der Waals surface area contributed by atoms with Crippen LogP contribution in [0.15, 0.2) is 206 Å². The molecule has 300 valence electrons. The first-order chi connectivity index (χ1) is 30.9. The lowest BCUT2D eigenvalue weighted by molar-refractivity contribution is 0.626. The molecule has 2 atom stereocenters. The molecule has 4 aliphatic rings. The molecule has 0 N–H and O–H groups in total. The van der Waals surface area contributed by atoms with Gasteiger partial charge in [-0.1, -0.05) is 184 Å². The van der Waals surface area contributed by atoms with Crippen molar-refractivity contribution >= 4 is 17.1 Å². The van der Waals surface area contributed by atoms with Gasteiger partial charge in [-0.05, 0) is 151 Å². The van der Waals surface area contributed by atoms with Gasteiger partial charge in [0, 0.05) is 33.3 Å². The summed E-state index contributed by atoms with van der Waals surface area (Å²) in [5, 5.41) is 0. The van der Waals surface area contributed by atoms with Gasteiger partial charge in [-0.15, -0.1) is 0 Å². The summed E-state index contributed by atoms with van der Waals surface area (Å²) >= 11 is 0. The zero-order valence-corrected chi connectivity index (χ0v) is 36.0. The molecule has 0 heterocycles. The predicted molar refractivity (Wildman–Crippen MR) is 262 cm³/mol. The molecule has 0 fully saturated rings. The summed E-state index contributed by atoms with van der Waals surface area (Å²) in [4.78, 5) is 2.52. The van der Waals surface area contributed by atoms with Crippen LogP contribution >= 0.6 is 0 Å². The third-order valence-corrected chi connectivity index (χ3v) is 15.6. The normalized spacial score (nSPS) is 18.8. The van der Waals surface area contributed by atoms with Crippen molar-refractivity contribution in [2.24, 2.45) is 0 Å². The Bertz CT molecular complexity index is 3330. The van der Waals surface area contributed by atoms with Crippen molar-refractivity contribution in [2.75, 3.05) is 4.90 Å². The van der Waals surface area contributed by atoms with Crippen LogP contribution in [0.25, 0.3) is 44.5 Å². The molecule has 0 saturated carbocycles. The first-order valence-electron chi connectivity index (χ1n) is 22.6. The van der Waals surface area contributed by atoms with Crippen LogP contribution in [0.2, 0.25) is 0 Å². The third kappa shape index (κ3) is 4.88.